The summed E-state index contributed by atoms with van der Waals surface area (Å²) in [5.74, 6) is -3.03. The van der Waals surface area contributed by atoms with Crippen molar-refractivity contribution in [1.82, 2.24) is 5.32 Å². The van der Waals surface area contributed by atoms with Crippen molar-refractivity contribution in [3.63, 3.8) is 0 Å². The first-order valence-electron chi connectivity index (χ1n) is 5.65. The molecule has 112 valence electrons. The third-order valence-corrected chi connectivity index (χ3v) is 2.25. The topological polar surface area (TPSA) is 38.3 Å². The van der Waals surface area contributed by atoms with Crippen LogP contribution >= 0.6 is 0 Å². The predicted octanol–water partition coefficient (Wildman–Crippen LogP) is 2.72. The van der Waals surface area contributed by atoms with Crippen LogP contribution in [-0.4, -0.2) is 25.3 Å². The van der Waals surface area contributed by atoms with E-state index in [1.165, 1.54) is 6.92 Å². The summed E-state index contributed by atoms with van der Waals surface area (Å²) < 4.78 is 67.3. The van der Waals surface area contributed by atoms with Gasteiger partial charge in [0.05, 0.1) is 13.2 Å². The van der Waals surface area contributed by atoms with Crippen molar-refractivity contribution in [3.8, 4) is 0 Å². The number of carbonyl (C=O) groups is 1. The van der Waals surface area contributed by atoms with E-state index in [4.69, 9.17) is 0 Å². The van der Waals surface area contributed by atoms with Gasteiger partial charge in [-0.2, -0.15) is 13.2 Å². The molecule has 0 amide bonds. The van der Waals surface area contributed by atoms with Gasteiger partial charge in [0, 0.05) is 6.07 Å². The molecule has 0 heterocycles. The molecule has 0 saturated carbocycles. The number of rotatable bonds is 5. The fraction of sp³-hybridized carbons (Fsp3) is 0.417. The fourth-order valence-electron chi connectivity index (χ4n) is 1.52. The van der Waals surface area contributed by atoms with Crippen LogP contribution in [-0.2, 0) is 9.53 Å². The maximum absolute atomic E-state index is 13.1. The highest BCUT2D eigenvalue weighted by Crippen LogP contribution is 2.20. The lowest BCUT2D eigenvalue weighted by atomic mass is 10.1. The molecule has 0 fully saturated rings. The first-order valence-corrected chi connectivity index (χ1v) is 5.65. The quantitative estimate of drug-likeness (QED) is 0.671. The molecule has 3 nitrogen and oxygen atoms in total. The Bertz CT molecular complexity index is 455. The highest BCUT2D eigenvalue weighted by atomic mass is 19.4. The van der Waals surface area contributed by atoms with Gasteiger partial charge in [0.25, 0.3) is 0 Å². The zero-order valence-electron chi connectivity index (χ0n) is 10.4. The summed E-state index contributed by atoms with van der Waals surface area (Å²) in [6.45, 7) is -0.0969. The van der Waals surface area contributed by atoms with Crippen LogP contribution in [0.2, 0.25) is 0 Å². The summed E-state index contributed by atoms with van der Waals surface area (Å²) in [5, 5.41) is 1.88. The summed E-state index contributed by atoms with van der Waals surface area (Å²) >= 11 is 0. The second-order valence-corrected chi connectivity index (χ2v) is 3.88. The lowest BCUT2D eigenvalue weighted by molar-refractivity contribution is -0.149. The van der Waals surface area contributed by atoms with Gasteiger partial charge in [0.1, 0.15) is 17.7 Å². The Kier molecular flexibility index (Phi) is 5.43. The molecule has 1 N–H and O–H groups in total. The summed E-state index contributed by atoms with van der Waals surface area (Å²) in [5.41, 5.74) is -0.273. The predicted molar refractivity (Wildman–Crippen MR) is 59.8 cm³/mol. The van der Waals surface area contributed by atoms with Crippen molar-refractivity contribution >= 4 is 5.97 Å². The van der Waals surface area contributed by atoms with Gasteiger partial charge >= 0.3 is 12.1 Å². The fourth-order valence-corrected chi connectivity index (χ4v) is 1.52. The van der Waals surface area contributed by atoms with E-state index in [-0.39, 0.29) is 12.2 Å². The second-order valence-electron chi connectivity index (χ2n) is 3.88. The Morgan fingerprint density at radius 1 is 1.25 bits per heavy atom. The molecule has 0 bridgehead atoms. The van der Waals surface area contributed by atoms with Crippen LogP contribution in [0, 0.1) is 11.6 Å². The van der Waals surface area contributed by atoms with Crippen LogP contribution in [0.25, 0.3) is 0 Å². The average molecular weight is 297 g/mol. The molecule has 0 saturated heterocycles. The Labute approximate surface area is 111 Å². The smallest absolute Gasteiger partial charge is 0.401 e. The van der Waals surface area contributed by atoms with Gasteiger partial charge in [-0.25, -0.2) is 13.6 Å². The first kappa shape index (κ1) is 16.4. The molecule has 0 spiro atoms. The van der Waals surface area contributed by atoms with E-state index in [0.29, 0.717) is 6.07 Å². The standard InChI is InChI=1S/C12H12F5NO2/c1-2-20-11(19)10(18-6-12(15,16)17)7-3-8(13)5-9(14)4-7/h3-5,10,18H,2,6H2,1H3. The molecule has 20 heavy (non-hydrogen) atoms. The van der Waals surface area contributed by atoms with Gasteiger partial charge < -0.3 is 4.74 Å². The van der Waals surface area contributed by atoms with Gasteiger partial charge in [-0.1, -0.05) is 0 Å². The number of ether oxygens (including phenoxy) is 1. The van der Waals surface area contributed by atoms with Crippen LogP contribution < -0.4 is 5.32 Å². The molecule has 0 aliphatic carbocycles. The van der Waals surface area contributed by atoms with Crippen molar-refractivity contribution in [2.24, 2.45) is 0 Å². The van der Waals surface area contributed by atoms with Crippen molar-refractivity contribution in [1.29, 1.82) is 0 Å². The molecule has 8 heteroatoms. The third kappa shape index (κ3) is 5.12. The molecule has 1 aromatic carbocycles. The molecule has 1 rings (SSSR count). The van der Waals surface area contributed by atoms with E-state index in [1.54, 1.807) is 0 Å². The first-order chi connectivity index (χ1) is 9.23. The number of alkyl halides is 3. The minimum atomic E-state index is -4.57. The Morgan fingerprint density at radius 2 is 1.80 bits per heavy atom. The molecule has 0 radical (unpaired) electrons. The zero-order chi connectivity index (χ0) is 15.3. The summed E-state index contributed by atoms with van der Waals surface area (Å²) in [7, 11) is 0. The van der Waals surface area contributed by atoms with Gasteiger partial charge in [0.2, 0.25) is 0 Å². The number of esters is 1. The van der Waals surface area contributed by atoms with Gasteiger partial charge in [0.15, 0.2) is 0 Å². The number of carbonyl (C=O) groups excluding carboxylic acids is 1. The van der Waals surface area contributed by atoms with Crippen LogP contribution in [0.5, 0.6) is 0 Å². The number of hydrogen-bond donors (Lipinski definition) is 1. The maximum Gasteiger partial charge on any atom is 0.401 e. The zero-order valence-corrected chi connectivity index (χ0v) is 10.4. The molecular formula is C12H12F5NO2. The van der Waals surface area contributed by atoms with E-state index in [2.05, 4.69) is 4.74 Å². The van der Waals surface area contributed by atoms with Gasteiger partial charge in [-0.3, -0.25) is 5.32 Å². The number of halogens is 5. The SMILES string of the molecule is CCOC(=O)C(NCC(F)(F)F)c1cc(F)cc(F)c1. The van der Waals surface area contributed by atoms with Gasteiger partial charge in [-0.15, -0.1) is 0 Å². The van der Waals surface area contributed by atoms with Crippen LogP contribution in [0.3, 0.4) is 0 Å². The molecule has 1 aromatic rings. The van der Waals surface area contributed by atoms with Crippen molar-refractivity contribution in [3.05, 3.63) is 35.4 Å². The monoisotopic (exact) mass is 297 g/mol. The second kappa shape index (κ2) is 6.65. The molecule has 1 unspecified atom stereocenters. The highest BCUT2D eigenvalue weighted by molar-refractivity contribution is 5.77. The van der Waals surface area contributed by atoms with Crippen LogP contribution in [0.15, 0.2) is 18.2 Å². The van der Waals surface area contributed by atoms with Crippen molar-refractivity contribution in [2.75, 3.05) is 13.2 Å². The lowest BCUT2D eigenvalue weighted by Crippen LogP contribution is -2.37. The Morgan fingerprint density at radius 3 is 2.25 bits per heavy atom. The molecule has 0 aromatic heterocycles. The lowest BCUT2D eigenvalue weighted by Gasteiger charge is -2.18. The number of benzene rings is 1. The van der Waals surface area contributed by atoms with Crippen molar-refractivity contribution in [2.45, 2.75) is 19.1 Å². The average Bonchev–Trinajstić information content (AvgIpc) is 2.26. The number of hydrogen-bond acceptors (Lipinski definition) is 3. The van der Waals surface area contributed by atoms with Crippen LogP contribution in [0.4, 0.5) is 22.0 Å². The molecular weight excluding hydrogens is 285 g/mol. The minimum Gasteiger partial charge on any atom is -0.465 e. The number of nitrogens with one attached hydrogen (secondary N) is 1. The summed E-state index contributed by atoms with van der Waals surface area (Å²) in [6, 6.07) is 0.499. The minimum absolute atomic E-state index is 0.0686. The van der Waals surface area contributed by atoms with E-state index in [0.717, 1.165) is 12.1 Å². The van der Waals surface area contributed by atoms with E-state index in [9.17, 15) is 26.7 Å². The molecule has 0 aliphatic rings. The van der Waals surface area contributed by atoms with Crippen LogP contribution in [0.1, 0.15) is 18.5 Å². The summed E-state index contributed by atoms with van der Waals surface area (Å²) in [4.78, 5) is 11.6. The molecule has 1 atom stereocenters. The van der Waals surface area contributed by atoms with E-state index >= 15 is 0 Å². The Balaban J connectivity index is 2.99. The van der Waals surface area contributed by atoms with E-state index < -0.39 is 36.4 Å². The maximum atomic E-state index is 13.1. The highest BCUT2D eigenvalue weighted by Gasteiger charge is 2.31. The normalized spacial score (nSPS) is 13.1. The molecule has 0 aliphatic heterocycles. The largest absolute Gasteiger partial charge is 0.465 e. The van der Waals surface area contributed by atoms with Gasteiger partial charge in [-0.05, 0) is 24.6 Å². The third-order valence-electron chi connectivity index (χ3n) is 2.25. The Hall–Kier alpha value is -1.70. The van der Waals surface area contributed by atoms with E-state index in [1.807, 2.05) is 5.32 Å². The summed E-state index contributed by atoms with van der Waals surface area (Å²) in [6.07, 6.45) is -4.57. The van der Waals surface area contributed by atoms with Crippen molar-refractivity contribution < 1.29 is 31.5 Å².